The summed E-state index contributed by atoms with van der Waals surface area (Å²) in [6, 6.07) is 7.47. The fourth-order valence-electron chi connectivity index (χ4n) is 1.70. The molecule has 1 N–H and O–H groups in total. The van der Waals surface area contributed by atoms with Crippen LogP contribution in [0.2, 0.25) is 0 Å². The van der Waals surface area contributed by atoms with Gasteiger partial charge in [-0.15, -0.1) is 0 Å². The number of benzene rings is 1. The number of aryl methyl sites for hydroxylation is 2. The molecule has 0 spiro atoms. The summed E-state index contributed by atoms with van der Waals surface area (Å²) >= 11 is 0. The van der Waals surface area contributed by atoms with E-state index in [0.717, 1.165) is 11.1 Å². The first-order valence-corrected chi connectivity index (χ1v) is 8.10. The Labute approximate surface area is 119 Å². The maximum atomic E-state index is 11.8. The van der Waals surface area contributed by atoms with E-state index in [1.807, 2.05) is 32.0 Å². The highest BCUT2D eigenvalue weighted by Crippen LogP contribution is 2.16. The highest BCUT2D eigenvalue weighted by molar-refractivity contribution is 7.92. The molecule has 1 rings (SSSR count). The van der Waals surface area contributed by atoms with E-state index in [-0.39, 0.29) is 18.6 Å². The van der Waals surface area contributed by atoms with E-state index in [1.54, 1.807) is 6.07 Å². The monoisotopic (exact) mass is 294 g/mol. The minimum atomic E-state index is -3.46. The van der Waals surface area contributed by atoms with Crippen molar-refractivity contribution in [1.82, 2.24) is 0 Å². The van der Waals surface area contributed by atoms with Crippen LogP contribution in [0.25, 0.3) is 0 Å². The topological polar surface area (TPSA) is 87.0 Å². The van der Waals surface area contributed by atoms with Crippen molar-refractivity contribution in [2.45, 2.75) is 26.7 Å². The van der Waals surface area contributed by atoms with E-state index in [9.17, 15) is 13.2 Å². The highest BCUT2D eigenvalue weighted by Gasteiger charge is 2.17. The predicted octanol–water partition coefficient (Wildman–Crippen LogP) is 1.96. The first-order valence-electron chi connectivity index (χ1n) is 6.28. The van der Waals surface area contributed by atoms with Crippen LogP contribution in [0, 0.1) is 25.2 Å². The van der Waals surface area contributed by atoms with Crippen molar-refractivity contribution in [3.8, 4) is 6.07 Å². The number of carbonyl (C=O) groups excluding carboxylic acids is 1. The Morgan fingerprint density at radius 1 is 1.35 bits per heavy atom. The van der Waals surface area contributed by atoms with Crippen LogP contribution in [0.3, 0.4) is 0 Å². The molecule has 0 aromatic heterocycles. The third-order valence-corrected chi connectivity index (χ3v) is 4.37. The zero-order chi connectivity index (χ0) is 15.2. The predicted molar refractivity (Wildman–Crippen MR) is 78.0 cm³/mol. The van der Waals surface area contributed by atoms with Gasteiger partial charge in [0.05, 0.1) is 11.8 Å². The lowest BCUT2D eigenvalue weighted by Gasteiger charge is -2.09. The van der Waals surface area contributed by atoms with Crippen LogP contribution in [0.15, 0.2) is 18.2 Å². The summed E-state index contributed by atoms with van der Waals surface area (Å²) in [6.45, 7) is 3.74. The van der Waals surface area contributed by atoms with Crippen LogP contribution in [-0.4, -0.2) is 25.8 Å². The number of amides is 1. The molecule has 20 heavy (non-hydrogen) atoms. The summed E-state index contributed by atoms with van der Waals surface area (Å²) < 4.78 is 23.4. The maximum absolute atomic E-state index is 11.8. The van der Waals surface area contributed by atoms with Crippen LogP contribution in [-0.2, 0) is 14.6 Å². The molecule has 6 heteroatoms. The minimum Gasteiger partial charge on any atom is -0.325 e. The van der Waals surface area contributed by atoms with Crippen LogP contribution >= 0.6 is 0 Å². The summed E-state index contributed by atoms with van der Waals surface area (Å²) in [7, 11) is -3.46. The third kappa shape index (κ3) is 5.41. The summed E-state index contributed by atoms with van der Waals surface area (Å²) in [6.07, 6.45) is 0.438. The van der Waals surface area contributed by atoms with Crippen LogP contribution in [0.5, 0.6) is 0 Å². The van der Waals surface area contributed by atoms with E-state index < -0.39 is 21.5 Å². The molecule has 108 valence electrons. The Morgan fingerprint density at radius 3 is 2.70 bits per heavy atom. The van der Waals surface area contributed by atoms with Gasteiger partial charge in [-0.05, 0) is 37.5 Å². The van der Waals surface area contributed by atoms with E-state index in [2.05, 4.69) is 5.32 Å². The Kier molecular flexibility index (Phi) is 5.71. The molecule has 1 aromatic rings. The van der Waals surface area contributed by atoms with Crippen molar-refractivity contribution in [3.63, 3.8) is 0 Å². The molecule has 1 amide bonds. The number of sulfone groups is 1. The zero-order valence-corrected chi connectivity index (χ0v) is 12.5. The molecule has 0 atom stereocenters. The number of hydrogen-bond donors (Lipinski definition) is 1. The molecule has 0 fully saturated rings. The first kappa shape index (κ1) is 16.2. The maximum Gasteiger partial charge on any atom is 0.239 e. The number of rotatable bonds is 6. The smallest absolute Gasteiger partial charge is 0.239 e. The second-order valence-corrected chi connectivity index (χ2v) is 6.90. The first-order chi connectivity index (χ1) is 9.34. The van der Waals surface area contributed by atoms with Crippen molar-refractivity contribution in [1.29, 1.82) is 5.26 Å². The van der Waals surface area contributed by atoms with Crippen LogP contribution in [0.1, 0.15) is 24.0 Å². The molecule has 0 heterocycles. The molecule has 1 aromatic carbocycles. The normalized spacial score (nSPS) is 10.8. The van der Waals surface area contributed by atoms with Crippen molar-refractivity contribution in [2.24, 2.45) is 0 Å². The number of unbranched alkanes of at least 4 members (excludes halogenated alkanes) is 1. The largest absolute Gasteiger partial charge is 0.325 e. The van der Waals surface area contributed by atoms with E-state index in [0.29, 0.717) is 5.69 Å². The molecule has 0 saturated heterocycles. The summed E-state index contributed by atoms with van der Waals surface area (Å²) in [5, 5.41) is 11.0. The lowest BCUT2D eigenvalue weighted by Crippen LogP contribution is -2.25. The molecule has 0 bridgehead atoms. The van der Waals surface area contributed by atoms with E-state index in [1.165, 1.54) is 0 Å². The van der Waals surface area contributed by atoms with Gasteiger partial charge in [0.2, 0.25) is 5.91 Å². The van der Waals surface area contributed by atoms with Gasteiger partial charge in [0.15, 0.2) is 9.84 Å². The summed E-state index contributed by atoms with van der Waals surface area (Å²) in [5.41, 5.74) is 2.50. The molecule has 0 radical (unpaired) electrons. The average Bonchev–Trinajstić information content (AvgIpc) is 2.33. The van der Waals surface area contributed by atoms with E-state index in [4.69, 9.17) is 5.26 Å². The molecule has 5 nitrogen and oxygen atoms in total. The molecule has 0 aliphatic carbocycles. The number of nitriles is 1. The lowest BCUT2D eigenvalue weighted by molar-refractivity contribution is -0.113. The molecule has 0 aliphatic heterocycles. The van der Waals surface area contributed by atoms with Gasteiger partial charge >= 0.3 is 0 Å². The lowest BCUT2D eigenvalue weighted by atomic mass is 10.1. The van der Waals surface area contributed by atoms with Gasteiger partial charge < -0.3 is 5.32 Å². The average molecular weight is 294 g/mol. The van der Waals surface area contributed by atoms with Gasteiger partial charge in [-0.3, -0.25) is 4.79 Å². The van der Waals surface area contributed by atoms with Gasteiger partial charge in [0.1, 0.15) is 5.75 Å². The standard InChI is InChI=1S/C14H18N2O3S/c1-11-5-6-12(2)13(9-11)16-14(17)10-20(18,19)8-4-3-7-15/h5-6,9H,3-4,8,10H2,1-2H3,(H,16,17). The zero-order valence-electron chi connectivity index (χ0n) is 11.6. The van der Waals surface area contributed by atoms with Gasteiger partial charge in [-0.1, -0.05) is 12.1 Å². The van der Waals surface area contributed by atoms with Crippen molar-refractivity contribution >= 4 is 21.4 Å². The van der Waals surface area contributed by atoms with Gasteiger partial charge in [0.25, 0.3) is 0 Å². The van der Waals surface area contributed by atoms with Gasteiger partial charge in [0, 0.05) is 12.1 Å². The molecule has 0 aliphatic rings. The number of carbonyl (C=O) groups is 1. The number of hydrogen-bond acceptors (Lipinski definition) is 4. The van der Waals surface area contributed by atoms with Crippen LogP contribution < -0.4 is 5.32 Å². The second-order valence-electron chi connectivity index (χ2n) is 4.72. The van der Waals surface area contributed by atoms with Gasteiger partial charge in [-0.25, -0.2) is 8.42 Å². The van der Waals surface area contributed by atoms with Crippen LogP contribution in [0.4, 0.5) is 5.69 Å². The van der Waals surface area contributed by atoms with E-state index >= 15 is 0 Å². The second kappa shape index (κ2) is 7.06. The Hall–Kier alpha value is -1.87. The quantitative estimate of drug-likeness (QED) is 0.812. The Balaban J connectivity index is 2.64. The fraction of sp³-hybridized carbons (Fsp3) is 0.429. The summed E-state index contributed by atoms with van der Waals surface area (Å²) in [4.78, 5) is 11.8. The van der Waals surface area contributed by atoms with Crippen molar-refractivity contribution < 1.29 is 13.2 Å². The Morgan fingerprint density at radius 2 is 2.05 bits per heavy atom. The highest BCUT2D eigenvalue weighted by atomic mass is 32.2. The number of nitrogens with one attached hydrogen (secondary N) is 1. The SMILES string of the molecule is Cc1ccc(C)c(NC(=O)CS(=O)(=O)CCCC#N)c1. The molecule has 0 unspecified atom stereocenters. The third-order valence-electron chi connectivity index (χ3n) is 2.76. The van der Waals surface area contributed by atoms with Crippen molar-refractivity contribution in [2.75, 3.05) is 16.8 Å². The molecular weight excluding hydrogens is 276 g/mol. The molecular formula is C14H18N2O3S. The Bertz CT molecular complexity index is 630. The fourth-order valence-corrected chi connectivity index (χ4v) is 2.90. The number of nitrogens with zero attached hydrogens (tertiary/aromatic N) is 1. The van der Waals surface area contributed by atoms with Gasteiger partial charge in [-0.2, -0.15) is 5.26 Å². The van der Waals surface area contributed by atoms with Crippen molar-refractivity contribution in [3.05, 3.63) is 29.3 Å². The summed E-state index contributed by atoms with van der Waals surface area (Å²) in [5.74, 6) is -1.23. The molecule has 0 saturated carbocycles. The number of anilines is 1. The minimum absolute atomic E-state index is 0.138.